The Hall–Kier alpha value is -1.63. The Labute approximate surface area is 91.7 Å². The van der Waals surface area contributed by atoms with Crippen LogP contribution in [-0.2, 0) is 6.54 Å². The quantitative estimate of drug-likeness (QED) is 0.762. The highest BCUT2D eigenvalue weighted by Crippen LogP contribution is 2.12. The third kappa shape index (κ3) is 1.91. The minimum atomic E-state index is 0.144. The van der Waals surface area contributed by atoms with Crippen LogP contribution in [0.25, 0.3) is 0 Å². The molecule has 0 radical (unpaired) electrons. The van der Waals surface area contributed by atoms with Crippen LogP contribution in [0.4, 0.5) is 5.95 Å². The van der Waals surface area contributed by atoms with Crippen LogP contribution in [0.3, 0.4) is 0 Å². The zero-order valence-corrected chi connectivity index (χ0v) is 9.11. The molecule has 6 nitrogen and oxygen atoms in total. The first-order valence-corrected chi connectivity index (χ1v) is 4.97. The van der Waals surface area contributed by atoms with Gasteiger partial charge in [-0.1, -0.05) is 0 Å². The lowest BCUT2D eigenvalue weighted by Gasteiger charge is -2.14. The van der Waals surface area contributed by atoms with Gasteiger partial charge in [0, 0.05) is 18.9 Å². The van der Waals surface area contributed by atoms with Crippen molar-refractivity contribution in [1.82, 2.24) is 24.3 Å². The molecule has 0 fully saturated rings. The summed E-state index contributed by atoms with van der Waals surface area (Å²) in [6, 6.07) is 0.144. The standard InChI is InChI=1S/C8H12N6S/c1-6(4-13-3-2-10-5-13)14-7(9)11-12-8(14)15/h2-3,5-6H,4H2,1H3,(H2,9,11)(H,12,15). The maximum Gasteiger partial charge on any atom is 0.220 e. The molecule has 2 aromatic heterocycles. The number of H-pyrrole nitrogens is 1. The van der Waals surface area contributed by atoms with E-state index in [9.17, 15) is 0 Å². The third-order valence-corrected chi connectivity index (χ3v) is 2.49. The van der Waals surface area contributed by atoms with E-state index in [0.29, 0.717) is 10.7 Å². The van der Waals surface area contributed by atoms with Crippen LogP contribution in [-0.4, -0.2) is 24.3 Å². The Bertz CT molecular complexity index is 481. The first-order valence-electron chi connectivity index (χ1n) is 4.56. The predicted octanol–water partition coefficient (Wildman–Crippen LogP) is 0.981. The van der Waals surface area contributed by atoms with E-state index in [0.717, 1.165) is 6.54 Å². The van der Waals surface area contributed by atoms with Crippen molar-refractivity contribution < 1.29 is 0 Å². The molecule has 3 N–H and O–H groups in total. The number of hydrogen-bond acceptors (Lipinski definition) is 4. The summed E-state index contributed by atoms with van der Waals surface area (Å²) in [7, 11) is 0. The molecule has 0 amide bonds. The Balaban J connectivity index is 2.22. The molecule has 0 aliphatic rings. The molecule has 80 valence electrons. The number of imidazole rings is 1. The normalized spacial score (nSPS) is 12.9. The van der Waals surface area contributed by atoms with Crippen molar-refractivity contribution in [2.45, 2.75) is 19.5 Å². The highest BCUT2D eigenvalue weighted by molar-refractivity contribution is 7.71. The van der Waals surface area contributed by atoms with Crippen LogP contribution in [0.1, 0.15) is 13.0 Å². The van der Waals surface area contributed by atoms with Crippen LogP contribution < -0.4 is 5.73 Å². The number of rotatable bonds is 3. The van der Waals surface area contributed by atoms with Gasteiger partial charge in [-0.05, 0) is 19.1 Å². The van der Waals surface area contributed by atoms with Gasteiger partial charge in [-0.3, -0.25) is 4.57 Å². The predicted molar refractivity (Wildman–Crippen MR) is 58.8 cm³/mol. The monoisotopic (exact) mass is 224 g/mol. The molecule has 0 spiro atoms. The van der Waals surface area contributed by atoms with Crippen molar-refractivity contribution in [3.63, 3.8) is 0 Å². The highest BCUT2D eigenvalue weighted by Gasteiger charge is 2.10. The van der Waals surface area contributed by atoms with Gasteiger partial charge in [0.05, 0.1) is 12.4 Å². The number of aromatic amines is 1. The molecule has 7 heteroatoms. The van der Waals surface area contributed by atoms with Gasteiger partial charge in [-0.2, -0.15) is 0 Å². The molecule has 1 unspecified atom stereocenters. The fourth-order valence-corrected chi connectivity index (χ4v) is 1.84. The van der Waals surface area contributed by atoms with Crippen LogP contribution in [0.2, 0.25) is 0 Å². The van der Waals surface area contributed by atoms with E-state index in [2.05, 4.69) is 15.2 Å². The van der Waals surface area contributed by atoms with E-state index >= 15 is 0 Å². The lowest BCUT2D eigenvalue weighted by Crippen LogP contribution is -2.14. The topological polar surface area (TPSA) is 77.4 Å². The van der Waals surface area contributed by atoms with Gasteiger partial charge in [0.15, 0.2) is 4.77 Å². The second-order valence-electron chi connectivity index (χ2n) is 3.37. The van der Waals surface area contributed by atoms with E-state index in [1.54, 1.807) is 17.1 Å². The average molecular weight is 224 g/mol. The van der Waals surface area contributed by atoms with Crippen molar-refractivity contribution >= 4 is 18.2 Å². The number of nitrogens with zero attached hydrogens (tertiary/aromatic N) is 4. The summed E-state index contributed by atoms with van der Waals surface area (Å²) in [6.45, 7) is 2.79. The molecule has 15 heavy (non-hydrogen) atoms. The molecule has 1 atom stereocenters. The lowest BCUT2D eigenvalue weighted by molar-refractivity contribution is 0.464. The second kappa shape index (κ2) is 3.85. The zero-order valence-electron chi connectivity index (χ0n) is 8.29. The SMILES string of the molecule is CC(Cn1ccnc1)n1c(N)n[nH]c1=S. The Kier molecular flexibility index (Phi) is 2.55. The molecule has 0 aromatic carbocycles. The molecule has 0 aliphatic heterocycles. The summed E-state index contributed by atoms with van der Waals surface area (Å²) in [6.07, 6.45) is 5.40. The average Bonchev–Trinajstić information content (AvgIpc) is 2.77. The minimum Gasteiger partial charge on any atom is -0.368 e. The van der Waals surface area contributed by atoms with Gasteiger partial charge in [0.25, 0.3) is 0 Å². The van der Waals surface area contributed by atoms with E-state index < -0.39 is 0 Å². The molecule has 0 saturated carbocycles. The highest BCUT2D eigenvalue weighted by atomic mass is 32.1. The Morgan fingerprint density at radius 2 is 2.47 bits per heavy atom. The summed E-state index contributed by atoms with van der Waals surface area (Å²) in [5.41, 5.74) is 5.70. The largest absolute Gasteiger partial charge is 0.368 e. The van der Waals surface area contributed by atoms with Gasteiger partial charge in [0.2, 0.25) is 5.95 Å². The van der Waals surface area contributed by atoms with E-state index in [1.165, 1.54) is 0 Å². The van der Waals surface area contributed by atoms with Gasteiger partial charge in [-0.15, -0.1) is 5.10 Å². The maximum absolute atomic E-state index is 5.70. The van der Waals surface area contributed by atoms with Crippen molar-refractivity contribution in [3.05, 3.63) is 23.5 Å². The van der Waals surface area contributed by atoms with Crippen molar-refractivity contribution in [2.24, 2.45) is 0 Å². The van der Waals surface area contributed by atoms with Crippen LogP contribution >= 0.6 is 12.2 Å². The number of nitrogen functional groups attached to an aromatic ring is 1. The molecule has 0 aliphatic carbocycles. The smallest absolute Gasteiger partial charge is 0.220 e. The summed E-state index contributed by atoms with van der Waals surface area (Å²) in [5.74, 6) is 0.410. The number of nitrogens with one attached hydrogen (secondary N) is 1. The van der Waals surface area contributed by atoms with Gasteiger partial charge < -0.3 is 10.3 Å². The molecule has 2 heterocycles. The number of nitrogens with two attached hydrogens (primary N) is 1. The van der Waals surface area contributed by atoms with Gasteiger partial charge in [-0.25, -0.2) is 10.1 Å². The van der Waals surface area contributed by atoms with Crippen LogP contribution in [0, 0.1) is 4.77 Å². The van der Waals surface area contributed by atoms with E-state index in [4.69, 9.17) is 18.0 Å². The molecular weight excluding hydrogens is 212 g/mol. The van der Waals surface area contributed by atoms with Crippen molar-refractivity contribution in [2.75, 3.05) is 5.73 Å². The molecule has 2 rings (SSSR count). The molecule has 2 aromatic rings. The Morgan fingerprint density at radius 1 is 1.67 bits per heavy atom. The molecular formula is C8H12N6S. The number of hydrogen-bond donors (Lipinski definition) is 2. The summed E-state index contributed by atoms with van der Waals surface area (Å²) < 4.78 is 4.30. The summed E-state index contributed by atoms with van der Waals surface area (Å²) >= 11 is 5.08. The number of aromatic nitrogens is 5. The lowest BCUT2D eigenvalue weighted by atomic mass is 10.3. The molecule has 0 bridgehead atoms. The van der Waals surface area contributed by atoms with Crippen LogP contribution in [0.15, 0.2) is 18.7 Å². The van der Waals surface area contributed by atoms with Crippen molar-refractivity contribution in [3.8, 4) is 0 Å². The molecule has 0 saturated heterocycles. The summed E-state index contributed by atoms with van der Waals surface area (Å²) in [5, 5.41) is 6.53. The zero-order chi connectivity index (χ0) is 10.8. The maximum atomic E-state index is 5.70. The fraction of sp³-hybridized carbons (Fsp3) is 0.375. The van der Waals surface area contributed by atoms with E-state index in [-0.39, 0.29) is 6.04 Å². The summed E-state index contributed by atoms with van der Waals surface area (Å²) in [4.78, 5) is 3.97. The Morgan fingerprint density at radius 3 is 3.00 bits per heavy atom. The fourth-order valence-electron chi connectivity index (χ4n) is 1.52. The minimum absolute atomic E-state index is 0.144. The first kappa shape index (κ1) is 9.91. The first-order chi connectivity index (χ1) is 7.18. The third-order valence-electron chi connectivity index (χ3n) is 2.21. The van der Waals surface area contributed by atoms with Crippen molar-refractivity contribution in [1.29, 1.82) is 0 Å². The van der Waals surface area contributed by atoms with Crippen LogP contribution in [0.5, 0.6) is 0 Å². The second-order valence-corrected chi connectivity index (χ2v) is 3.75. The van der Waals surface area contributed by atoms with Gasteiger partial charge in [0.1, 0.15) is 0 Å². The van der Waals surface area contributed by atoms with Gasteiger partial charge >= 0.3 is 0 Å². The number of anilines is 1. The van der Waals surface area contributed by atoms with E-state index in [1.807, 2.05) is 17.7 Å².